The SMILES string of the molecule is CC(C)c1ccccc1NC(=O)/C=C/c1c(Cl)cccc1Cl. The molecule has 0 aliphatic heterocycles. The largest absolute Gasteiger partial charge is 0.322 e. The van der Waals surface area contributed by atoms with E-state index in [1.165, 1.54) is 6.08 Å². The molecule has 0 saturated heterocycles. The molecule has 1 N–H and O–H groups in total. The normalized spacial score (nSPS) is 11.1. The molecule has 0 aromatic heterocycles. The van der Waals surface area contributed by atoms with Gasteiger partial charge < -0.3 is 5.32 Å². The van der Waals surface area contributed by atoms with Gasteiger partial charge in [0.25, 0.3) is 0 Å². The molecule has 0 heterocycles. The maximum absolute atomic E-state index is 12.1. The lowest BCUT2D eigenvalue weighted by atomic mass is 10.0. The summed E-state index contributed by atoms with van der Waals surface area (Å²) >= 11 is 12.1. The standard InChI is InChI=1S/C18H17Cl2NO/c1-12(2)13-6-3-4-9-17(13)21-18(22)11-10-14-15(19)7-5-8-16(14)20/h3-12H,1-2H3,(H,21,22)/b11-10+. The average Bonchev–Trinajstić information content (AvgIpc) is 2.47. The van der Waals surface area contributed by atoms with E-state index in [4.69, 9.17) is 23.2 Å². The summed E-state index contributed by atoms with van der Waals surface area (Å²) in [6, 6.07) is 13.0. The zero-order valence-electron chi connectivity index (χ0n) is 12.4. The van der Waals surface area contributed by atoms with E-state index in [1.807, 2.05) is 24.3 Å². The van der Waals surface area contributed by atoms with E-state index < -0.39 is 0 Å². The maximum atomic E-state index is 12.1. The first-order valence-electron chi connectivity index (χ1n) is 7.01. The van der Waals surface area contributed by atoms with Gasteiger partial charge in [0.15, 0.2) is 0 Å². The number of nitrogens with one attached hydrogen (secondary N) is 1. The third-order valence-electron chi connectivity index (χ3n) is 3.24. The van der Waals surface area contributed by atoms with Gasteiger partial charge in [0, 0.05) is 27.4 Å². The molecule has 2 aromatic rings. The van der Waals surface area contributed by atoms with Gasteiger partial charge in [-0.15, -0.1) is 0 Å². The highest BCUT2D eigenvalue weighted by Crippen LogP contribution is 2.26. The van der Waals surface area contributed by atoms with E-state index in [9.17, 15) is 4.79 Å². The molecule has 2 nitrogen and oxygen atoms in total. The lowest BCUT2D eigenvalue weighted by Gasteiger charge is -2.12. The lowest BCUT2D eigenvalue weighted by molar-refractivity contribution is -0.111. The Morgan fingerprint density at radius 2 is 1.68 bits per heavy atom. The Kier molecular flexibility index (Phi) is 5.64. The van der Waals surface area contributed by atoms with Crippen LogP contribution in [0.5, 0.6) is 0 Å². The average molecular weight is 334 g/mol. The van der Waals surface area contributed by atoms with Gasteiger partial charge >= 0.3 is 0 Å². The molecule has 0 spiro atoms. The third kappa shape index (κ3) is 4.12. The molecule has 0 aliphatic rings. The Bertz CT molecular complexity index is 688. The van der Waals surface area contributed by atoms with E-state index in [1.54, 1.807) is 24.3 Å². The summed E-state index contributed by atoms with van der Waals surface area (Å²) in [6.45, 7) is 4.18. The van der Waals surface area contributed by atoms with Crippen molar-refractivity contribution in [3.63, 3.8) is 0 Å². The number of halogens is 2. The van der Waals surface area contributed by atoms with Crippen LogP contribution in [0.3, 0.4) is 0 Å². The Morgan fingerprint density at radius 3 is 2.32 bits per heavy atom. The summed E-state index contributed by atoms with van der Waals surface area (Å²) in [5.41, 5.74) is 2.55. The van der Waals surface area contributed by atoms with Crippen molar-refractivity contribution >= 4 is 40.9 Å². The number of benzene rings is 2. The first-order chi connectivity index (χ1) is 10.5. The fourth-order valence-corrected chi connectivity index (χ4v) is 2.64. The highest BCUT2D eigenvalue weighted by atomic mass is 35.5. The first-order valence-corrected chi connectivity index (χ1v) is 7.76. The van der Waals surface area contributed by atoms with Crippen molar-refractivity contribution in [2.45, 2.75) is 19.8 Å². The molecule has 4 heteroatoms. The summed E-state index contributed by atoms with van der Waals surface area (Å²) in [6.07, 6.45) is 3.06. The number of carbonyl (C=O) groups excluding carboxylic acids is 1. The van der Waals surface area contributed by atoms with Crippen molar-refractivity contribution in [2.24, 2.45) is 0 Å². The lowest BCUT2D eigenvalue weighted by Crippen LogP contribution is -2.10. The minimum absolute atomic E-state index is 0.218. The fraction of sp³-hybridized carbons (Fsp3) is 0.167. The van der Waals surface area contributed by atoms with Gasteiger partial charge in [0.2, 0.25) is 5.91 Å². The molecule has 0 radical (unpaired) electrons. The number of rotatable bonds is 4. The van der Waals surface area contributed by atoms with Gasteiger partial charge in [-0.3, -0.25) is 4.79 Å². The molecule has 114 valence electrons. The second kappa shape index (κ2) is 7.48. The molecule has 0 bridgehead atoms. The molecule has 0 atom stereocenters. The van der Waals surface area contributed by atoms with Crippen LogP contribution in [0.4, 0.5) is 5.69 Å². The van der Waals surface area contributed by atoms with E-state index in [0.29, 0.717) is 21.5 Å². The van der Waals surface area contributed by atoms with Crippen LogP contribution in [0.25, 0.3) is 6.08 Å². The molecule has 0 aliphatic carbocycles. The first kappa shape index (κ1) is 16.6. The number of carbonyl (C=O) groups is 1. The van der Waals surface area contributed by atoms with Gasteiger partial charge in [0.05, 0.1) is 0 Å². The second-order valence-electron chi connectivity index (χ2n) is 5.20. The topological polar surface area (TPSA) is 29.1 Å². The predicted octanol–water partition coefficient (Wildman–Crippen LogP) is 5.77. The molecule has 0 saturated carbocycles. The Balaban J connectivity index is 2.16. The summed E-state index contributed by atoms with van der Waals surface area (Å²) < 4.78 is 0. The van der Waals surface area contributed by atoms with Gasteiger partial charge in [-0.2, -0.15) is 0 Å². The highest BCUT2D eigenvalue weighted by molar-refractivity contribution is 6.37. The smallest absolute Gasteiger partial charge is 0.248 e. The van der Waals surface area contributed by atoms with Crippen LogP contribution >= 0.6 is 23.2 Å². The number of hydrogen-bond donors (Lipinski definition) is 1. The van der Waals surface area contributed by atoms with Crippen molar-refractivity contribution in [1.29, 1.82) is 0 Å². The Labute approximate surface area is 140 Å². The maximum Gasteiger partial charge on any atom is 0.248 e. The summed E-state index contributed by atoms with van der Waals surface area (Å²) in [5, 5.41) is 3.92. The van der Waals surface area contributed by atoms with E-state index in [-0.39, 0.29) is 5.91 Å². The van der Waals surface area contributed by atoms with Crippen molar-refractivity contribution in [1.82, 2.24) is 0 Å². The number of amides is 1. The van der Waals surface area contributed by atoms with Crippen LogP contribution in [0.1, 0.15) is 30.9 Å². The predicted molar refractivity (Wildman–Crippen MR) is 94.7 cm³/mol. The van der Waals surface area contributed by atoms with Crippen molar-refractivity contribution in [3.05, 3.63) is 69.7 Å². The zero-order chi connectivity index (χ0) is 16.1. The summed E-state index contributed by atoms with van der Waals surface area (Å²) in [4.78, 5) is 12.1. The summed E-state index contributed by atoms with van der Waals surface area (Å²) in [7, 11) is 0. The van der Waals surface area contributed by atoms with Crippen molar-refractivity contribution < 1.29 is 4.79 Å². The van der Waals surface area contributed by atoms with Gasteiger partial charge in [0.1, 0.15) is 0 Å². The van der Waals surface area contributed by atoms with Crippen LogP contribution in [0.15, 0.2) is 48.5 Å². The fourth-order valence-electron chi connectivity index (χ4n) is 2.12. The zero-order valence-corrected chi connectivity index (χ0v) is 13.9. The van der Waals surface area contributed by atoms with E-state index in [2.05, 4.69) is 19.2 Å². The van der Waals surface area contributed by atoms with Gasteiger partial charge in [-0.1, -0.05) is 61.3 Å². The Morgan fingerprint density at radius 1 is 1.05 bits per heavy atom. The van der Waals surface area contributed by atoms with Gasteiger partial charge in [-0.25, -0.2) is 0 Å². The van der Waals surface area contributed by atoms with Crippen molar-refractivity contribution in [2.75, 3.05) is 5.32 Å². The van der Waals surface area contributed by atoms with Crippen LogP contribution in [-0.4, -0.2) is 5.91 Å². The minimum atomic E-state index is -0.218. The number of hydrogen-bond acceptors (Lipinski definition) is 1. The molecule has 2 rings (SSSR count). The molecular formula is C18H17Cl2NO. The second-order valence-corrected chi connectivity index (χ2v) is 6.01. The third-order valence-corrected chi connectivity index (χ3v) is 3.90. The summed E-state index contributed by atoms with van der Waals surface area (Å²) in [5.74, 6) is 0.113. The quantitative estimate of drug-likeness (QED) is 0.707. The van der Waals surface area contributed by atoms with Crippen LogP contribution in [-0.2, 0) is 4.79 Å². The Hall–Kier alpha value is -1.77. The molecule has 22 heavy (non-hydrogen) atoms. The highest BCUT2D eigenvalue weighted by Gasteiger charge is 2.08. The molecule has 2 aromatic carbocycles. The molecule has 0 unspecified atom stereocenters. The monoisotopic (exact) mass is 333 g/mol. The van der Waals surface area contributed by atoms with E-state index in [0.717, 1.165) is 11.3 Å². The van der Waals surface area contributed by atoms with Crippen LogP contribution < -0.4 is 5.32 Å². The van der Waals surface area contributed by atoms with E-state index >= 15 is 0 Å². The minimum Gasteiger partial charge on any atom is -0.322 e. The number of anilines is 1. The molecule has 1 amide bonds. The van der Waals surface area contributed by atoms with Gasteiger partial charge in [-0.05, 0) is 35.8 Å². The number of para-hydroxylation sites is 1. The van der Waals surface area contributed by atoms with Crippen molar-refractivity contribution in [3.8, 4) is 0 Å². The molecule has 0 fully saturated rings. The van der Waals surface area contributed by atoms with Crippen LogP contribution in [0, 0.1) is 0 Å². The molecular weight excluding hydrogens is 317 g/mol. The van der Waals surface area contributed by atoms with Crippen LogP contribution in [0.2, 0.25) is 10.0 Å².